The molecule has 0 atom stereocenters. The van der Waals surface area contributed by atoms with Crippen molar-refractivity contribution in [3.63, 3.8) is 0 Å². The van der Waals surface area contributed by atoms with Crippen molar-refractivity contribution in [1.82, 2.24) is 0 Å². The number of hydrogen-bond acceptors (Lipinski definition) is 1. The Labute approximate surface area is 110 Å². The van der Waals surface area contributed by atoms with E-state index in [1.807, 2.05) is 18.2 Å². The van der Waals surface area contributed by atoms with Crippen molar-refractivity contribution in [1.29, 1.82) is 0 Å². The fraction of sp³-hybridized carbons (Fsp3) is 0.471. The van der Waals surface area contributed by atoms with Crippen LogP contribution >= 0.6 is 0 Å². The molecule has 1 heteroatoms. The van der Waals surface area contributed by atoms with Gasteiger partial charge in [0.25, 0.3) is 0 Å². The normalized spacial score (nSPS) is 23.6. The third-order valence-electron chi connectivity index (χ3n) is 4.17. The highest BCUT2D eigenvalue weighted by atomic mass is 16.1. The second-order valence-electron chi connectivity index (χ2n) is 5.37. The molecule has 1 aliphatic carbocycles. The van der Waals surface area contributed by atoms with Crippen LogP contribution in [-0.4, -0.2) is 6.29 Å². The van der Waals surface area contributed by atoms with Gasteiger partial charge in [-0.05, 0) is 55.9 Å². The van der Waals surface area contributed by atoms with E-state index in [1.54, 1.807) is 0 Å². The third kappa shape index (κ3) is 3.32. The van der Waals surface area contributed by atoms with Gasteiger partial charge in [-0.25, -0.2) is 0 Å². The Morgan fingerprint density at radius 1 is 1.11 bits per heavy atom. The number of benzene rings is 1. The van der Waals surface area contributed by atoms with E-state index in [2.05, 4.69) is 18.7 Å². The van der Waals surface area contributed by atoms with Gasteiger partial charge >= 0.3 is 0 Å². The molecule has 0 aliphatic heterocycles. The van der Waals surface area contributed by atoms with Gasteiger partial charge in [-0.3, -0.25) is 4.79 Å². The zero-order valence-electron chi connectivity index (χ0n) is 11.0. The largest absolute Gasteiger partial charge is 0.298 e. The summed E-state index contributed by atoms with van der Waals surface area (Å²) >= 11 is 0. The van der Waals surface area contributed by atoms with E-state index in [-0.39, 0.29) is 0 Å². The van der Waals surface area contributed by atoms with Crippen molar-refractivity contribution in [3.05, 3.63) is 48.0 Å². The molecule has 1 nitrogen and oxygen atoms in total. The topological polar surface area (TPSA) is 17.1 Å². The molecule has 1 fully saturated rings. The molecule has 0 amide bonds. The van der Waals surface area contributed by atoms with E-state index in [4.69, 9.17) is 0 Å². The van der Waals surface area contributed by atoms with Crippen molar-refractivity contribution in [2.45, 2.75) is 44.4 Å². The molecule has 0 spiro atoms. The van der Waals surface area contributed by atoms with E-state index >= 15 is 0 Å². The van der Waals surface area contributed by atoms with E-state index in [1.165, 1.54) is 37.7 Å². The van der Waals surface area contributed by atoms with Crippen LogP contribution < -0.4 is 0 Å². The van der Waals surface area contributed by atoms with Crippen LogP contribution in [0.1, 0.15) is 60.4 Å². The summed E-state index contributed by atoms with van der Waals surface area (Å²) in [5.41, 5.74) is 2.18. The van der Waals surface area contributed by atoms with Crippen LogP contribution in [0, 0.1) is 5.92 Å². The van der Waals surface area contributed by atoms with Crippen molar-refractivity contribution in [2.75, 3.05) is 0 Å². The molecular formula is C17H22O. The van der Waals surface area contributed by atoms with Gasteiger partial charge in [0.15, 0.2) is 0 Å². The van der Waals surface area contributed by atoms with Crippen LogP contribution in [0.4, 0.5) is 0 Å². The second kappa shape index (κ2) is 6.53. The molecule has 0 unspecified atom stereocenters. The van der Waals surface area contributed by atoms with E-state index in [0.29, 0.717) is 5.92 Å². The Kier molecular flexibility index (Phi) is 4.74. The summed E-state index contributed by atoms with van der Waals surface area (Å²) in [4.78, 5) is 10.6. The molecule has 0 heterocycles. The van der Waals surface area contributed by atoms with Crippen molar-refractivity contribution < 1.29 is 4.79 Å². The summed E-state index contributed by atoms with van der Waals surface area (Å²) < 4.78 is 0. The first kappa shape index (κ1) is 13.1. The number of hydrogen-bond donors (Lipinski definition) is 0. The molecule has 96 valence electrons. The maximum atomic E-state index is 10.6. The summed E-state index contributed by atoms with van der Waals surface area (Å²) in [5, 5.41) is 0. The maximum Gasteiger partial charge on any atom is 0.150 e. The molecule has 18 heavy (non-hydrogen) atoms. The van der Waals surface area contributed by atoms with Gasteiger partial charge in [-0.1, -0.05) is 30.3 Å². The lowest BCUT2D eigenvalue weighted by Gasteiger charge is -2.28. The lowest BCUT2D eigenvalue weighted by Crippen LogP contribution is -2.13. The fourth-order valence-corrected chi connectivity index (χ4v) is 2.98. The van der Waals surface area contributed by atoms with E-state index in [9.17, 15) is 4.79 Å². The molecule has 1 aromatic carbocycles. The summed E-state index contributed by atoms with van der Waals surface area (Å²) in [6.07, 6.45) is 10.7. The number of aldehydes is 1. The highest BCUT2D eigenvalue weighted by Gasteiger charge is 2.21. The minimum atomic E-state index is 0.700. The summed E-state index contributed by atoms with van der Waals surface area (Å²) in [5.74, 6) is 1.60. The standard InChI is InChI=1S/C17H22O/c1-2-3-4-14-5-9-16(10-6-14)17-11-7-15(13-18)8-12-17/h2,7-8,11-14,16H,1,3-6,9-10H2/t14-,16-. The Morgan fingerprint density at radius 2 is 1.78 bits per heavy atom. The van der Waals surface area contributed by atoms with Crippen LogP contribution in [0.3, 0.4) is 0 Å². The maximum absolute atomic E-state index is 10.6. The minimum Gasteiger partial charge on any atom is -0.298 e. The molecule has 1 aliphatic rings. The van der Waals surface area contributed by atoms with Crippen molar-refractivity contribution in [2.24, 2.45) is 5.92 Å². The summed E-state index contributed by atoms with van der Waals surface area (Å²) in [6, 6.07) is 8.12. The quantitative estimate of drug-likeness (QED) is 0.538. The van der Waals surface area contributed by atoms with Gasteiger partial charge in [0.05, 0.1) is 0 Å². The molecule has 2 rings (SSSR count). The number of allylic oxidation sites excluding steroid dienone is 1. The highest BCUT2D eigenvalue weighted by Crippen LogP contribution is 2.37. The van der Waals surface area contributed by atoms with Crippen LogP contribution in [0.2, 0.25) is 0 Å². The monoisotopic (exact) mass is 242 g/mol. The van der Waals surface area contributed by atoms with Crippen LogP contribution in [0.15, 0.2) is 36.9 Å². The number of carbonyl (C=O) groups excluding carboxylic acids is 1. The zero-order valence-corrected chi connectivity index (χ0v) is 11.0. The van der Waals surface area contributed by atoms with Gasteiger partial charge in [0.1, 0.15) is 6.29 Å². The zero-order chi connectivity index (χ0) is 12.8. The number of rotatable bonds is 5. The lowest BCUT2D eigenvalue weighted by molar-refractivity contribution is 0.112. The Bertz CT molecular complexity index is 383. The molecule has 0 bridgehead atoms. The Balaban J connectivity index is 1.88. The molecule has 1 aromatic rings. The average Bonchev–Trinajstić information content (AvgIpc) is 2.46. The molecule has 0 aromatic heterocycles. The summed E-state index contributed by atoms with van der Waals surface area (Å²) in [7, 11) is 0. The smallest absolute Gasteiger partial charge is 0.150 e. The molecule has 0 saturated heterocycles. The van der Waals surface area contributed by atoms with Gasteiger partial charge in [-0.15, -0.1) is 6.58 Å². The van der Waals surface area contributed by atoms with Crippen molar-refractivity contribution in [3.8, 4) is 0 Å². The van der Waals surface area contributed by atoms with Crippen LogP contribution in [0.25, 0.3) is 0 Å². The molecule has 1 saturated carbocycles. The van der Waals surface area contributed by atoms with Crippen LogP contribution in [-0.2, 0) is 0 Å². The third-order valence-corrected chi connectivity index (χ3v) is 4.17. The molecular weight excluding hydrogens is 220 g/mol. The minimum absolute atomic E-state index is 0.700. The van der Waals surface area contributed by atoms with Crippen LogP contribution in [0.5, 0.6) is 0 Å². The first-order valence-corrected chi connectivity index (χ1v) is 6.99. The van der Waals surface area contributed by atoms with Gasteiger partial charge < -0.3 is 0 Å². The van der Waals surface area contributed by atoms with Gasteiger partial charge in [0, 0.05) is 5.56 Å². The Hall–Kier alpha value is -1.37. The predicted molar refractivity (Wildman–Crippen MR) is 76.0 cm³/mol. The van der Waals surface area contributed by atoms with E-state index in [0.717, 1.165) is 24.2 Å². The van der Waals surface area contributed by atoms with Crippen molar-refractivity contribution >= 4 is 6.29 Å². The molecule has 0 radical (unpaired) electrons. The van der Waals surface area contributed by atoms with Gasteiger partial charge in [0.2, 0.25) is 0 Å². The number of carbonyl (C=O) groups is 1. The SMILES string of the molecule is C=CCC[C@H]1CC[C@H](c2ccc(C=O)cc2)CC1. The Morgan fingerprint density at radius 3 is 2.33 bits per heavy atom. The van der Waals surface area contributed by atoms with Gasteiger partial charge in [-0.2, -0.15) is 0 Å². The average molecular weight is 242 g/mol. The fourth-order valence-electron chi connectivity index (χ4n) is 2.98. The molecule has 0 N–H and O–H groups in total. The summed E-state index contributed by atoms with van der Waals surface area (Å²) in [6.45, 7) is 3.80. The second-order valence-corrected chi connectivity index (χ2v) is 5.37. The van der Waals surface area contributed by atoms with E-state index < -0.39 is 0 Å². The predicted octanol–water partition coefficient (Wildman–Crippen LogP) is 4.74. The first-order valence-electron chi connectivity index (χ1n) is 6.99. The lowest BCUT2D eigenvalue weighted by atomic mass is 9.77. The first-order chi connectivity index (χ1) is 8.83. The highest BCUT2D eigenvalue weighted by molar-refractivity contribution is 5.74.